The van der Waals surface area contributed by atoms with Gasteiger partial charge in [0.2, 0.25) is 6.33 Å². The molecule has 1 heterocycles. The molecule has 32 valence electrons. The summed E-state index contributed by atoms with van der Waals surface area (Å²) in [5, 5.41) is 12.1. The normalized spacial score (nSPS) is 8.67. The highest BCUT2D eigenvalue weighted by Gasteiger charge is 1.77. The fourth-order valence-corrected chi connectivity index (χ4v) is 0.217. The summed E-state index contributed by atoms with van der Waals surface area (Å²) in [5.41, 5.74) is 0. The van der Waals surface area contributed by atoms with Crippen LogP contribution in [-0.4, -0.2) is 10.1 Å². The van der Waals surface area contributed by atoms with Crippen molar-refractivity contribution in [1.29, 1.82) is 0 Å². The molecule has 0 aromatic carbocycles. The van der Waals surface area contributed by atoms with Crippen LogP contribution in [0, 0.1) is 5.21 Å². The van der Waals surface area contributed by atoms with Crippen molar-refractivity contribution in [2.24, 2.45) is 0 Å². The van der Waals surface area contributed by atoms with Gasteiger partial charge in [-0.2, -0.15) is 9.94 Å². The van der Waals surface area contributed by atoms with Crippen molar-refractivity contribution in [2.75, 3.05) is 0 Å². The van der Waals surface area contributed by atoms with E-state index in [1.54, 1.807) is 0 Å². The van der Waals surface area contributed by atoms with Crippen LogP contribution in [0.25, 0.3) is 0 Å². The average molecular weight is 85.1 g/mol. The average Bonchev–Trinajstić information content (AvgIpc) is 1.86. The third-order valence-corrected chi connectivity index (χ3v) is 0.431. The van der Waals surface area contributed by atoms with Crippen LogP contribution in [0.2, 0.25) is 0 Å². The zero-order valence-corrected chi connectivity index (χ0v) is 2.96. The summed E-state index contributed by atoms with van der Waals surface area (Å²) in [7, 11) is 0. The van der Waals surface area contributed by atoms with Crippen molar-refractivity contribution in [3.63, 3.8) is 0 Å². The Bertz CT molecular complexity index is 112. The quantitative estimate of drug-likeness (QED) is 0.326. The molecule has 0 aliphatic carbocycles. The summed E-state index contributed by atoms with van der Waals surface area (Å²) in [6.45, 7) is 0. The van der Waals surface area contributed by atoms with E-state index in [1.807, 2.05) is 0 Å². The Balaban J connectivity index is 3.05. The predicted octanol–water partition coefficient (Wildman–Crippen LogP) is -0.957. The van der Waals surface area contributed by atoms with Crippen LogP contribution in [0.5, 0.6) is 0 Å². The van der Waals surface area contributed by atoms with Gasteiger partial charge in [0.05, 0.1) is 0 Å². The first-order valence-corrected chi connectivity index (χ1v) is 1.47. The molecule has 0 spiro atoms. The van der Waals surface area contributed by atoms with Gasteiger partial charge in [0.15, 0.2) is 0 Å². The summed E-state index contributed by atoms with van der Waals surface area (Å²) in [6, 6.07) is 0. The first-order valence-electron chi connectivity index (χ1n) is 1.47. The van der Waals surface area contributed by atoms with Gasteiger partial charge in [-0.05, 0) is 4.98 Å². The lowest BCUT2D eigenvalue weighted by Crippen LogP contribution is -2.25. The number of aromatic amines is 1. The van der Waals surface area contributed by atoms with E-state index in [2.05, 4.69) is 10.1 Å². The van der Waals surface area contributed by atoms with Crippen LogP contribution in [0.4, 0.5) is 0 Å². The Labute approximate surface area is 34.0 Å². The summed E-state index contributed by atoms with van der Waals surface area (Å²) < 4.78 is 0. The molecule has 0 atom stereocenters. The van der Waals surface area contributed by atoms with E-state index in [0.717, 1.165) is 6.33 Å². The fraction of sp³-hybridized carbons (Fsp3) is 0. The second-order valence-electron chi connectivity index (χ2n) is 0.849. The number of nitrogens with zero attached hydrogens (tertiary/aromatic N) is 2. The van der Waals surface area contributed by atoms with Crippen LogP contribution in [0.1, 0.15) is 0 Å². The highest BCUT2D eigenvalue weighted by molar-refractivity contribution is 4.35. The topological polar surface area (TPSA) is 55.6 Å². The molecule has 0 aliphatic heterocycles. The third kappa shape index (κ3) is 0.314. The smallest absolute Gasteiger partial charge is 0.310 e. The lowest BCUT2D eigenvalue weighted by atomic mass is 11.3. The van der Waals surface area contributed by atoms with Crippen molar-refractivity contribution in [3.8, 4) is 0 Å². The second kappa shape index (κ2) is 0.965. The number of H-pyrrole nitrogens is 1. The highest BCUT2D eigenvalue weighted by atomic mass is 16.5. The van der Waals surface area contributed by atoms with Crippen molar-refractivity contribution in [1.82, 2.24) is 10.1 Å². The van der Waals surface area contributed by atoms with Crippen molar-refractivity contribution in [2.45, 2.75) is 0 Å². The van der Waals surface area contributed by atoms with Gasteiger partial charge >= 0.3 is 6.33 Å². The van der Waals surface area contributed by atoms with Crippen LogP contribution in [0.3, 0.4) is 0 Å². The molecular weight excluding hydrogens is 82.0 g/mol. The minimum absolute atomic E-state index is 0.514. The molecule has 4 nitrogen and oxygen atoms in total. The Kier molecular flexibility index (Phi) is 0.506. The van der Waals surface area contributed by atoms with E-state index in [1.165, 1.54) is 6.33 Å². The largest absolute Gasteiger partial charge is 0.692 e. The molecule has 1 aromatic heterocycles. The summed E-state index contributed by atoms with van der Waals surface area (Å²) in [4.78, 5) is 3.93. The van der Waals surface area contributed by atoms with E-state index >= 15 is 0 Å². The molecule has 0 saturated heterocycles. The van der Waals surface area contributed by atoms with Crippen LogP contribution >= 0.6 is 0 Å². The molecule has 0 fully saturated rings. The van der Waals surface area contributed by atoms with E-state index in [4.69, 9.17) is 0 Å². The van der Waals surface area contributed by atoms with Gasteiger partial charge in [-0.25, -0.2) is 0 Å². The Morgan fingerprint density at radius 1 is 1.83 bits per heavy atom. The number of aromatic nitrogens is 3. The van der Waals surface area contributed by atoms with Gasteiger partial charge < -0.3 is 5.21 Å². The number of hydrogen-bond acceptors (Lipinski definition) is 2. The maximum Gasteiger partial charge on any atom is 0.310 e. The van der Waals surface area contributed by atoms with Crippen molar-refractivity contribution >= 4 is 0 Å². The number of rotatable bonds is 0. The monoisotopic (exact) mass is 85.0 g/mol. The molecule has 1 aromatic rings. The van der Waals surface area contributed by atoms with E-state index in [0.29, 0.717) is 4.85 Å². The predicted molar refractivity (Wildman–Crippen MR) is 17.5 cm³/mol. The first kappa shape index (κ1) is 3.14. The number of hydrogen-bond donors (Lipinski definition) is 1. The summed E-state index contributed by atoms with van der Waals surface area (Å²) in [5.74, 6) is 0. The molecule has 0 aliphatic rings. The summed E-state index contributed by atoms with van der Waals surface area (Å²) >= 11 is 0. The lowest BCUT2D eigenvalue weighted by molar-refractivity contribution is -0.666. The van der Waals surface area contributed by atoms with Crippen LogP contribution in [0.15, 0.2) is 12.7 Å². The summed E-state index contributed by atoms with van der Waals surface area (Å²) in [6.07, 6.45) is 2.45. The SMILES string of the molecule is [O-][n+]1cnc[nH]1. The molecule has 1 N–H and O–H groups in total. The van der Waals surface area contributed by atoms with E-state index < -0.39 is 0 Å². The van der Waals surface area contributed by atoms with Gasteiger partial charge in [-0.1, -0.05) is 0 Å². The van der Waals surface area contributed by atoms with Crippen LogP contribution < -0.4 is 4.85 Å². The molecule has 0 saturated carbocycles. The fourth-order valence-electron chi connectivity index (χ4n) is 0.217. The molecule has 0 radical (unpaired) electrons. The number of nitrogens with one attached hydrogen (secondary N) is 1. The van der Waals surface area contributed by atoms with E-state index in [-0.39, 0.29) is 0 Å². The minimum atomic E-state index is 0.514. The zero-order valence-electron chi connectivity index (χ0n) is 2.96. The second-order valence-corrected chi connectivity index (χ2v) is 0.849. The third-order valence-electron chi connectivity index (χ3n) is 0.431. The Hall–Kier alpha value is -1.06. The van der Waals surface area contributed by atoms with Gasteiger partial charge in [0, 0.05) is 0 Å². The Morgan fingerprint density at radius 3 is 2.83 bits per heavy atom. The van der Waals surface area contributed by atoms with Gasteiger partial charge in [-0.15, -0.1) is 0 Å². The van der Waals surface area contributed by atoms with Crippen molar-refractivity contribution < 1.29 is 4.85 Å². The lowest BCUT2D eigenvalue weighted by Gasteiger charge is -1.84. The maximum atomic E-state index is 9.87. The zero-order chi connectivity index (χ0) is 4.41. The molecule has 0 bridgehead atoms. The van der Waals surface area contributed by atoms with Gasteiger partial charge in [-0.3, -0.25) is 0 Å². The molecule has 0 unspecified atom stereocenters. The molecule has 0 amide bonds. The minimum Gasteiger partial charge on any atom is -0.692 e. The first-order chi connectivity index (χ1) is 2.89. The van der Waals surface area contributed by atoms with Gasteiger partial charge in [0.25, 0.3) is 0 Å². The standard InChI is InChI=1S/C2H3N3O/c6-5-2-3-1-4-5/h1-2H,(H,3,4). The van der Waals surface area contributed by atoms with Crippen molar-refractivity contribution in [3.05, 3.63) is 17.9 Å². The molecule has 6 heavy (non-hydrogen) atoms. The molecular formula is C2H3N3O. The van der Waals surface area contributed by atoms with Crippen LogP contribution in [-0.2, 0) is 0 Å². The molecule has 1 rings (SSSR count). The molecule has 4 heteroatoms. The Morgan fingerprint density at radius 2 is 2.67 bits per heavy atom. The van der Waals surface area contributed by atoms with Gasteiger partial charge in [0.1, 0.15) is 0 Å². The van der Waals surface area contributed by atoms with E-state index in [9.17, 15) is 5.21 Å². The maximum absolute atomic E-state index is 9.87. The highest BCUT2D eigenvalue weighted by Crippen LogP contribution is 1.51.